The van der Waals surface area contributed by atoms with Crippen LogP contribution in [0.4, 0.5) is 0 Å². The van der Waals surface area contributed by atoms with E-state index in [0.717, 1.165) is 6.42 Å². The number of nitrogens with two attached hydrogens (primary N) is 1. The standard InChI is InChI=1S/C8H13NO/c1-3-4-5-6-7(2)8(9)10/h3-4H,2,5-6H2,1H3,(H2,9,10). The van der Waals surface area contributed by atoms with Crippen molar-refractivity contribution >= 4 is 5.91 Å². The minimum absolute atomic E-state index is 0.399. The van der Waals surface area contributed by atoms with Crippen LogP contribution in [0, 0.1) is 0 Å². The second kappa shape index (κ2) is 4.79. The lowest BCUT2D eigenvalue weighted by atomic mass is 10.1. The molecule has 0 aliphatic heterocycles. The second-order valence-corrected chi connectivity index (χ2v) is 2.08. The smallest absolute Gasteiger partial charge is 0.244 e. The summed E-state index contributed by atoms with van der Waals surface area (Å²) >= 11 is 0. The summed E-state index contributed by atoms with van der Waals surface area (Å²) in [5, 5.41) is 0. The van der Waals surface area contributed by atoms with Gasteiger partial charge in [-0.1, -0.05) is 18.7 Å². The van der Waals surface area contributed by atoms with Gasteiger partial charge in [-0.2, -0.15) is 0 Å². The molecule has 0 fully saturated rings. The predicted molar refractivity (Wildman–Crippen MR) is 42.4 cm³/mol. The van der Waals surface area contributed by atoms with Crippen molar-refractivity contribution in [1.82, 2.24) is 0 Å². The first-order valence-electron chi connectivity index (χ1n) is 3.27. The highest BCUT2D eigenvalue weighted by molar-refractivity contribution is 5.91. The zero-order chi connectivity index (χ0) is 7.98. The van der Waals surface area contributed by atoms with Crippen LogP contribution in [0.1, 0.15) is 19.8 Å². The maximum Gasteiger partial charge on any atom is 0.244 e. The Morgan fingerprint density at radius 3 is 2.70 bits per heavy atom. The molecular formula is C8H13NO. The zero-order valence-corrected chi connectivity index (χ0v) is 6.26. The number of rotatable bonds is 4. The van der Waals surface area contributed by atoms with Gasteiger partial charge < -0.3 is 5.73 Å². The van der Waals surface area contributed by atoms with Crippen LogP contribution >= 0.6 is 0 Å². The van der Waals surface area contributed by atoms with Crippen molar-refractivity contribution in [2.45, 2.75) is 19.8 Å². The van der Waals surface area contributed by atoms with Crippen molar-refractivity contribution in [3.8, 4) is 0 Å². The molecule has 0 aromatic rings. The van der Waals surface area contributed by atoms with Crippen molar-refractivity contribution in [3.05, 3.63) is 24.3 Å². The van der Waals surface area contributed by atoms with Gasteiger partial charge in [0.2, 0.25) is 5.91 Å². The minimum atomic E-state index is -0.399. The average molecular weight is 139 g/mol. The molecule has 0 radical (unpaired) electrons. The molecular weight excluding hydrogens is 126 g/mol. The van der Waals surface area contributed by atoms with Crippen LogP contribution in [-0.2, 0) is 4.79 Å². The van der Waals surface area contributed by atoms with Crippen LogP contribution in [0.3, 0.4) is 0 Å². The Morgan fingerprint density at radius 2 is 2.30 bits per heavy atom. The highest BCUT2D eigenvalue weighted by Crippen LogP contribution is 2.01. The summed E-state index contributed by atoms with van der Waals surface area (Å²) < 4.78 is 0. The largest absolute Gasteiger partial charge is 0.366 e. The Hall–Kier alpha value is -1.05. The van der Waals surface area contributed by atoms with Gasteiger partial charge in [-0.25, -0.2) is 0 Å². The van der Waals surface area contributed by atoms with Crippen molar-refractivity contribution < 1.29 is 4.79 Å². The minimum Gasteiger partial charge on any atom is -0.366 e. The molecule has 0 rings (SSSR count). The average Bonchev–Trinajstić information content (AvgIpc) is 1.88. The predicted octanol–water partition coefficient (Wildman–Crippen LogP) is 1.38. The summed E-state index contributed by atoms with van der Waals surface area (Å²) in [6.07, 6.45) is 5.43. The first-order chi connectivity index (χ1) is 4.68. The molecule has 56 valence electrons. The van der Waals surface area contributed by atoms with E-state index in [1.807, 2.05) is 19.1 Å². The van der Waals surface area contributed by atoms with Gasteiger partial charge in [0.1, 0.15) is 0 Å². The number of primary amides is 1. The summed E-state index contributed by atoms with van der Waals surface area (Å²) in [5.74, 6) is -0.399. The molecule has 0 atom stereocenters. The summed E-state index contributed by atoms with van der Waals surface area (Å²) in [5.41, 5.74) is 5.45. The monoisotopic (exact) mass is 139 g/mol. The summed E-state index contributed by atoms with van der Waals surface area (Å²) in [4.78, 5) is 10.4. The number of amides is 1. The van der Waals surface area contributed by atoms with Crippen molar-refractivity contribution in [2.24, 2.45) is 5.73 Å². The van der Waals surface area contributed by atoms with Gasteiger partial charge in [-0.15, -0.1) is 0 Å². The summed E-state index contributed by atoms with van der Waals surface area (Å²) in [6.45, 7) is 5.46. The van der Waals surface area contributed by atoms with Gasteiger partial charge in [0, 0.05) is 5.57 Å². The van der Waals surface area contributed by atoms with Crippen LogP contribution in [0.5, 0.6) is 0 Å². The molecule has 0 heterocycles. The first kappa shape index (κ1) is 8.95. The number of allylic oxidation sites excluding steroid dienone is 2. The quantitative estimate of drug-likeness (QED) is 0.464. The molecule has 1 amide bonds. The molecule has 0 aliphatic carbocycles. The summed E-state index contributed by atoms with van der Waals surface area (Å²) in [7, 11) is 0. The van der Waals surface area contributed by atoms with Gasteiger partial charge in [-0.05, 0) is 19.8 Å². The fourth-order valence-electron chi connectivity index (χ4n) is 0.547. The van der Waals surface area contributed by atoms with Crippen LogP contribution in [0.25, 0.3) is 0 Å². The third-order valence-corrected chi connectivity index (χ3v) is 1.20. The SMILES string of the molecule is C=C(CCC=CC)C(N)=O. The Morgan fingerprint density at radius 1 is 1.70 bits per heavy atom. The number of carbonyl (C=O) groups is 1. The lowest BCUT2D eigenvalue weighted by molar-refractivity contribution is -0.114. The number of carbonyl (C=O) groups excluding carboxylic acids is 1. The normalized spacial score (nSPS) is 10.1. The van der Waals surface area contributed by atoms with Crippen LogP contribution in [0.2, 0.25) is 0 Å². The summed E-state index contributed by atoms with van der Waals surface area (Å²) in [6, 6.07) is 0. The molecule has 0 spiro atoms. The van der Waals surface area contributed by atoms with E-state index in [1.165, 1.54) is 0 Å². The van der Waals surface area contributed by atoms with Crippen molar-refractivity contribution in [3.63, 3.8) is 0 Å². The maximum absolute atomic E-state index is 10.4. The molecule has 0 saturated carbocycles. The van der Waals surface area contributed by atoms with Crippen LogP contribution in [0.15, 0.2) is 24.3 Å². The van der Waals surface area contributed by atoms with Gasteiger partial charge in [-0.3, -0.25) is 4.79 Å². The van der Waals surface area contributed by atoms with E-state index in [0.29, 0.717) is 12.0 Å². The Labute approximate surface area is 61.4 Å². The van der Waals surface area contributed by atoms with Crippen molar-refractivity contribution in [1.29, 1.82) is 0 Å². The van der Waals surface area contributed by atoms with Crippen LogP contribution in [-0.4, -0.2) is 5.91 Å². The molecule has 0 saturated heterocycles. The molecule has 2 N–H and O–H groups in total. The Kier molecular flexibility index (Phi) is 4.29. The van der Waals surface area contributed by atoms with Gasteiger partial charge >= 0.3 is 0 Å². The zero-order valence-electron chi connectivity index (χ0n) is 6.26. The van der Waals surface area contributed by atoms with Gasteiger partial charge in [0.05, 0.1) is 0 Å². The lowest BCUT2D eigenvalue weighted by Crippen LogP contribution is -2.12. The first-order valence-corrected chi connectivity index (χ1v) is 3.27. The fraction of sp³-hybridized carbons (Fsp3) is 0.375. The van der Waals surface area contributed by atoms with Gasteiger partial charge in [0.15, 0.2) is 0 Å². The van der Waals surface area contributed by atoms with Crippen molar-refractivity contribution in [2.75, 3.05) is 0 Å². The van der Waals surface area contributed by atoms with E-state index >= 15 is 0 Å². The number of hydrogen-bond donors (Lipinski definition) is 1. The fourth-order valence-corrected chi connectivity index (χ4v) is 0.547. The highest BCUT2D eigenvalue weighted by atomic mass is 16.1. The van der Waals surface area contributed by atoms with E-state index in [-0.39, 0.29) is 0 Å². The molecule has 0 aromatic carbocycles. The maximum atomic E-state index is 10.4. The Balaban J connectivity index is 3.50. The van der Waals surface area contributed by atoms with E-state index in [2.05, 4.69) is 6.58 Å². The van der Waals surface area contributed by atoms with E-state index in [1.54, 1.807) is 0 Å². The molecule has 10 heavy (non-hydrogen) atoms. The second-order valence-electron chi connectivity index (χ2n) is 2.08. The van der Waals surface area contributed by atoms with E-state index < -0.39 is 5.91 Å². The van der Waals surface area contributed by atoms with Crippen LogP contribution < -0.4 is 5.73 Å². The topological polar surface area (TPSA) is 43.1 Å². The third-order valence-electron chi connectivity index (χ3n) is 1.20. The Bertz CT molecular complexity index is 159. The number of hydrogen-bond acceptors (Lipinski definition) is 1. The van der Waals surface area contributed by atoms with E-state index in [4.69, 9.17) is 5.73 Å². The van der Waals surface area contributed by atoms with Gasteiger partial charge in [0.25, 0.3) is 0 Å². The molecule has 0 aliphatic rings. The molecule has 0 bridgehead atoms. The third kappa shape index (κ3) is 3.89. The highest BCUT2D eigenvalue weighted by Gasteiger charge is 1.97. The molecule has 0 unspecified atom stereocenters. The molecule has 2 nitrogen and oxygen atoms in total. The lowest BCUT2D eigenvalue weighted by Gasteiger charge is -1.95. The van der Waals surface area contributed by atoms with E-state index in [9.17, 15) is 4.79 Å². The molecule has 0 aromatic heterocycles. The molecule has 2 heteroatoms.